The summed E-state index contributed by atoms with van der Waals surface area (Å²) in [5.41, 5.74) is 0.612. The Kier molecular flexibility index (Phi) is 5.89. The van der Waals surface area contributed by atoms with E-state index in [0.717, 1.165) is 0 Å². The molecule has 0 heterocycles. The Labute approximate surface area is 139 Å². The molecule has 0 unspecified atom stereocenters. The monoisotopic (exact) mass is 331 g/mol. The van der Waals surface area contributed by atoms with E-state index >= 15 is 0 Å². The highest BCUT2D eigenvalue weighted by Crippen LogP contribution is 2.14. The van der Waals surface area contributed by atoms with Gasteiger partial charge in [0.05, 0.1) is 0 Å². The Morgan fingerprint density at radius 3 is 2.21 bits per heavy atom. The molecule has 2 aromatic carbocycles. The van der Waals surface area contributed by atoms with Crippen LogP contribution in [-0.4, -0.2) is 24.1 Å². The van der Waals surface area contributed by atoms with Crippen molar-refractivity contribution in [3.05, 3.63) is 60.4 Å². The summed E-state index contributed by atoms with van der Waals surface area (Å²) in [6.07, 6.45) is -1.90. The average Bonchev–Trinajstić information content (AvgIpc) is 2.57. The van der Waals surface area contributed by atoms with Crippen LogP contribution < -0.4 is 10.1 Å². The van der Waals surface area contributed by atoms with E-state index in [-0.39, 0.29) is 0 Å². The van der Waals surface area contributed by atoms with Crippen LogP contribution in [0.4, 0.5) is 10.1 Å². The minimum absolute atomic E-state index is 0.335. The minimum Gasteiger partial charge on any atom is -0.479 e. The largest absolute Gasteiger partial charge is 0.479 e. The van der Waals surface area contributed by atoms with Gasteiger partial charge in [0.1, 0.15) is 11.6 Å². The lowest BCUT2D eigenvalue weighted by atomic mass is 10.3. The molecule has 24 heavy (non-hydrogen) atoms. The maximum atomic E-state index is 12.8. The number of hydrogen-bond acceptors (Lipinski definition) is 4. The molecule has 126 valence electrons. The van der Waals surface area contributed by atoms with E-state index in [1.807, 2.05) is 6.07 Å². The first-order valence-corrected chi connectivity index (χ1v) is 7.44. The van der Waals surface area contributed by atoms with Gasteiger partial charge in [0, 0.05) is 5.69 Å². The average molecular weight is 331 g/mol. The van der Waals surface area contributed by atoms with Gasteiger partial charge in [-0.05, 0) is 50.2 Å². The van der Waals surface area contributed by atoms with Gasteiger partial charge in [0.25, 0.3) is 5.91 Å². The number of para-hydroxylation sites is 1. The SMILES string of the molecule is C[C@H](OC(=O)[C@@H](C)Oc1ccc(F)cc1)C(=O)Nc1ccccc1. The number of rotatable bonds is 6. The molecule has 0 aromatic heterocycles. The number of halogens is 1. The number of amides is 1. The van der Waals surface area contributed by atoms with Crippen molar-refractivity contribution in [2.75, 3.05) is 5.32 Å². The van der Waals surface area contributed by atoms with Crippen molar-refractivity contribution in [3.63, 3.8) is 0 Å². The maximum Gasteiger partial charge on any atom is 0.347 e. The summed E-state index contributed by atoms with van der Waals surface area (Å²) in [4.78, 5) is 24.0. The normalized spacial score (nSPS) is 12.8. The molecule has 0 bridgehead atoms. The van der Waals surface area contributed by atoms with Gasteiger partial charge in [-0.15, -0.1) is 0 Å². The molecule has 0 saturated heterocycles. The first kappa shape index (κ1) is 17.5. The quantitative estimate of drug-likeness (QED) is 0.826. The van der Waals surface area contributed by atoms with E-state index < -0.39 is 29.9 Å². The molecular formula is C18H18FNO4. The molecule has 6 heteroatoms. The fourth-order valence-corrected chi connectivity index (χ4v) is 1.85. The van der Waals surface area contributed by atoms with Crippen molar-refractivity contribution in [1.29, 1.82) is 0 Å². The second kappa shape index (κ2) is 8.10. The summed E-state index contributed by atoms with van der Waals surface area (Å²) >= 11 is 0. The van der Waals surface area contributed by atoms with E-state index in [2.05, 4.69) is 5.32 Å². The van der Waals surface area contributed by atoms with Crippen LogP contribution in [0.5, 0.6) is 5.75 Å². The van der Waals surface area contributed by atoms with Gasteiger partial charge in [-0.2, -0.15) is 0 Å². The molecule has 0 saturated carbocycles. The zero-order valence-electron chi connectivity index (χ0n) is 13.4. The molecule has 0 radical (unpaired) electrons. The summed E-state index contributed by atoms with van der Waals surface area (Å²) in [5.74, 6) is -1.19. The number of nitrogens with one attached hydrogen (secondary N) is 1. The van der Waals surface area contributed by atoms with E-state index in [0.29, 0.717) is 11.4 Å². The number of benzene rings is 2. The molecule has 2 rings (SSSR count). The minimum atomic E-state index is -0.975. The Balaban J connectivity index is 1.85. The van der Waals surface area contributed by atoms with Gasteiger partial charge in [-0.1, -0.05) is 18.2 Å². The third kappa shape index (κ3) is 5.08. The molecule has 2 aromatic rings. The third-order valence-corrected chi connectivity index (χ3v) is 3.16. The highest BCUT2D eigenvalue weighted by Gasteiger charge is 2.23. The third-order valence-electron chi connectivity index (χ3n) is 3.16. The highest BCUT2D eigenvalue weighted by molar-refractivity contribution is 5.95. The van der Waals surface area contributed by atoms with E-state index in [1.165, 1.54) is 38.1 Å². The number of esters is 1. The lowest BCUT2D eigenvalue weighted by Gasteiger charge is -2.17. The summed E-state index contributed by atoms with van der Waals surface area (Å²) in [6, 6.07) is 14.1. The number of hydrogen-bond donors (Lipinski definition) is 1. The van der Waals surface area contributed by atoms with Gasteiger partial charge < -0.3 is 14.8 Å². The zero-order valence-corrected chi connectivity index (χ0v) is 13.4. The van der Waals surface area contributed by atoms with Crippen molar-refractivity contribution in [1.82, 2.24) is 0 Å². The lowest BCUT2D eigenvalue weighted by molar-refractivity contribution is -0.159. The number of carbonyl (C=O) groups excluding carboxylic acids is 2. The lowest BCUT2D eigenvalue weighted by Crippen LogP contribution is -2.35. The molecule has 0 aliphatic carbocycles. The van der Waals surface area contributed by atoms with Gasteiger partial charge in [0.2, 0.25) is 0 Å². The summed E-state index contributed by atoms with van der Waals surface area (Å²) in [5, 5.41) is 2.64. The number of carbonyl (C=O) groups is 2. The van der Waals surface area contributed by atoms with Crippen LogP contribution in [0, 0.1) is 5.82 Å². The van der Waals surface area contributed by atoms with Crippen LogP contribution in [0.25, 0.3) is 0 Å². The predicted octanol–water partition coefficient (Wildman–Crippen LogP) is 3.16. The molecule has 2 atom stereocenters. The second-order valence-corrected chi connectivity index (χ2v) is 5.15. The van der Waals surface area contributed by atoms with E-state index in [9.17, 15) is 14.0 Å². The predicted molar refractivity (Wildman–Crippen MR) is 87.1 cm³/mol. The topological polar surface area (TPSA) is 64.6 Å². The van der Waals surface area contributed by atoms with Crippen molar-refractivity contribution >= 4 is 17.6 Å². The van der Waals surface area contributed by atoms with Crippen molar-refractivity contribution < 1.29 is 23.5 Å². The fraction of sp³-hybridized carbons (Fsp3) is 0.222. The first-order valence-electron chi connectivity index (χ1n) is 7.44. The Bertz CT molecular complexity index is 688. The number of ether oxygens (including phenoxy) is 2. The van der Waals surface area contributed by atoms with Crippen LogP contribution in [0.1, 0.15) is 13.8 Å². The molecule has 5 nitrogen and oxygen atoms in total. The molecule has 1 N–H and O–H groups in total. The molecule has 0 aliphatic heterocycles. The van der Waals surface area contributed by atoms with Crippen molar-refractivity contribution in [2.45, 2.75) is 26.1 Å². The smallest absolute Gasteiger partial charge is 0.347 e. The highest BCUT2D eigenvalue weighted by atomic mass is 19.1. The Hall–Kier alpha value is -2.89. The Morgan fingerprint density at radius 2 is 1.58 bits per heavy atom. The van der Waals surface area contributed by atoms with Crippen LogP contribution in [0.2, 0.25) is 0 Å². The number of anilines is 1. The fourth-order valence-electron chi connectivity index (χ4n) is 1.85. The zero-order chi connectivity index (χ0) is 17.5. The molecule has 0 spiro atoms. The van der Waals surface area contributed by atoms with Gasteiger partial charge in [0.15, 0.2) is 12.2 Å². The van der Waals surface area contributed by atoms with Crippen LogP contribution >= 0.6 is 0 Å². The summed E-state index contributed by atoms with van der Waals surface area (Å²) in [6.45, 7) is 2.97. The standard InChI is InChI=1S/C18H18FNO4/c1-12(17(21)20-15-6-4-3-5-7-15)24-18(22)13(2)23-16-10-8-14(19)9-11-16/h3-13H,1-2H3,(H,20,21)/t12-,13+/m0/s1. The summed E-state index contributed by atoms with van der Waals surface area (Å²) < 4.78 is 23.3. The van der Waals surface area contributed by atoms with Gasteiger partial charge in [-0.25, -0.2) is 9.18 Å². The second-order valence-electron chi connectivity index (χ2n) is 5.15. The molecule has 0 aliphatic rings. The van der Waals surface area contributed by atoms with E-state index in [4.69, 9.17) is 9.47 Å². The first-order chi connectivity index (χ1) is 11.5. The van der Waals surface area contributed by atoms with Crippen molar-refractivity contribution in [2.24, 2.45) is 0 Å². The van der Waals surface area contributed by atoms with Crippen LogP contribution in [-0.2, 0) is 14.3 Å². The van der Waals surface area contributed by atoms with E-state index in [1.54, 1.807) is 24.3 Å². The van der Waals surface area contributed by atoms with Gasteiger partial charge >= 0.3 is 5.97 Å². The maximum absolute atomic E-state index is 12.8. The molecular weight excluding hydrogens is 313 g/mol. The van der Waals surface area contributed by atoms with Crippen LogP contribution in [0.3, 0.4) is 0 Å². The Morgan fingerprint density at radius 1 is 0.958 bits per heavy atom. The molecule has 0 fully saturated rings. The summed E-state index contributed by atoms with van der Waals surface area (Å²) in [7, 11) is 0. The van der Waals surface area contributed by atoms with Crippen LogP contribution in [0.15, 0.2) is 54.6 Å². The molecule has 1 amide bonds. The van der Waals surface area contributed by atoms with Crippen molar-refractivity contribution in [3.8, 4) is 5.75 Å². The van der Waals surface area contributed by atoms with Gasteiger partial charge in [-0.3, -0.25) is 4.79 Å².